The molecule has 1 heterocycles. The van der Waals surface area contributed by atoms with E-state index in [0.717, 1.165) is 16.5 Å². The molecule has 0 saturated carbocycles. The molecular formula is C19H19NO4S. The zero-order valence-corrected chi connectivity index (χ0v) is 14.9. The fourth-order valence-electron chi connectivity index (χ4n) is 2.78. The molecule has 0 unspecified atom stereocenters. The SMILES string of the molecule is COC(=O)CCc1cn(S(=O)(=O)c2ccc(C)cc2)c2ccccc12. The van der Waals surface area contributed by atoms with E-state index in [0.29, 0.717) is 11.9 Å². The molecule has 0 N–H and O–H groups in total. The Hall–Kier alpha value is -2.60. The molecule has 5 nitrogen and oxygen atoms in total. The molecule has 0 saturated heterocycles. The monoisotopic (exact) mass is 357 g/mol. The lowest BCUT2D eigenvalue weighted by molar-refractivity contribution is -0.140. The number of carbonyl (C=O) groups excluding carboxylic acids is 1. The number of nitrogens with zero attached hydrogens (tertiary/aromatic N) is 1. The minimum absolute atomic E-state index is 0.203. The number of carbonyl (C=O) groups is 1. The molecule has 2 aromatic carbocycles. The number of rotatable bonds is 5. The fourth-order valence-corrected chi connectivity index (χ4v) is 4.17. The smallest absolute Gasteiger partial charge is 0.305 e. The summed E-state index contributed by atoms with van der Waals surface area (Å²) in [4.78, 5) is 11.7. The summed E-state index contributed by atoms with van der Waals surface area (Å²) in [7, 11) is -2.36. The maximum atomic E-state index is 13.0. The van der Waals surface area contributed by atoms with Crippen molar-refractivity contribution in [2.45, 2.75) is 24.7 Å². The van der Waals surface area contributed by atoms with E-state index in [1.54, 1.807) is 42.6 Å². The standard InChI is InChI=1S/C19H19NO4S/c1-14-7-10-16(11-8-14)25(22,23)20-13-15(9-12-19(21)24-2)17-5-3-4-6-18(17)20/h3-8,10-11,13H,9,12H2,1-2H3. The van der Waals surface area contributed by atoms with Crippen LogP contribution in [0.25, 0.3) is 10.9 Å². The van der Waals surface area contributed by atoms with E-state index < -0.39 is 10.0 Å². The highest BCUT2D eigenvalue weighted by Gasteiger charge is 2.21. The molecule has 130 valence electrons. The second kappa shape index (κ2) is 6.72. The van der Waals surface area contributed by atoms with Crippen molar-refractivity contribution in [2.24, 2.45) is 0 Å². The molecule has 0 bridgehead atoms. The van der Waals surface area contributed by atoms with Gasteiger partial charge >= 0.3 is 5.97 Å². The number of hydrogen-bond donors (Lipinski definition) is 0. The van der Waals surface area contributed by atoms with Gasteiger partial charge in [-0.1, -0.05) is 35.9 Å². The van der Waals surface area contributed by atoms with Crippen LogP contribution >= 0.6 is 0 Å². The zero-order valence-electron chi connectivity index (χ0n) is 14.1. The molecule has 0 aliphatic heterocycles. The van der Waals surface area contributed by atoms with Crippen molar-refractivity contribution in [3.63, 3.8) is 0 Å². The van der Waals surface area contributed by atoms with Crippen LogP contribution in [0.5, 0.6) is 0 Å². The highest BCUT2D eigenvalue weighted by atomic mass is 32.2. The van der Waals surface area contributed by atoms with Gasteiger partial charge < -0.3 is 4.74 Å². The van der Waals surface area contributed by atoms with Crippen LogP contribution in [-0.2, 0) is 26.0 Å². The summed E-state index contributed by atoms with van der Waals surface area (Å²) in [6.07, 6.45) is 2.22. The first-order valence-corrected chi connectivity index (χ1v) is 9.35. The van der Waals surface area contributed by atoms with Gasteiger partial charge in [0.15, 0.2) is 0 Å². The average molecular weight is 357 g/mol. The Labute approximate surface area is 146 Å². The summed E-state index contributed by atoms with van der Waals surface area (Å²) in [6.45, 7) is 1.91. The molecule has 0 fully saturated rings. The molecule has 0 aliphatic carbocycles. The Morgan fingerprint density at radius 1 is 1.08 bits per heavy atom. The van der Waals surface area contributed by atoms with Crippen molar-refractivity contribution >= 4 is 26.9 Å². The van der Waals surface area contributed by atoms with Gasteiger partial charge in [-0.2, -0.15) is 0 Å². The van der Waals surface area contributed by atoms with Gasteiger partial charge in [-0.3, -0.25) is 4.79 Å². The van der Waals surface area contributed by atoms with Gasteiger partial charge in [0.1, 0.15) is 0 Å². The number of aryl methyl sites for hydroxylation is 2. The first-order valence-electron chi connectivity index (χ1n) is 7.91. The van der Waals surface area contributed by atoms with Gasteiger partial charge in [0.25, 0.3) is 10.0 Å². The molecule has 3 rings (SSSR count). The van der Waals surface area contributed by atoms with Crippen molar-refractivity contribution < 1.29 is 17.9 Å². The van der Waals surface area contributed by atoms with Crippen molar-refractivity contribution in [1.82, 2.24) is 3.97 Å². The Bertz CT molecular complexity index is 1020. The summed E-state index contributed by atoms with van der Waals surface area (Å²) in [5, 5.41) is 0.821. The van der Waals surface area contributed by atoms with E-state index in [1.807, 2.05) is 19.1 Å². The molecule has 25 heavy (non-hydrogen) atoms. The highest BCUT2D eigenvalue weighted by molar-refractivity contribution is 7.90. The third kappa shape index (κ3) is 3.30. The molecule has 0 aliphatic rings. The summed E-state index contributed by atoms with van der Waals surface area (Å²) in [6, 6.07) is 14.0. The van der Waals surface area contributed by atoms with E-state index in [4.69, 9.17) is 0 Å². The Kier molecular flexibility index (Phi) is 4.63. The maximum absolute atomic E-state index is 13.0. The number of hydrogen-bond acceptors (Lipinski definition) is 4. The number of methoxy groups -OCH3 is 1. The summed E-state index contributed by atoms with van der Waals surface area (Å²) < 4.78 is 32.0. The fraction of sp³-hybridized carbons (Fsp3) is 0.211. The van der Waals surface area contributed by atoms with Gasteiger partial charge in [0.05, 0.1) is 17.5 Å². The second-order valence-corrected chi connectivity index (χ2v) is 7.68. The van der Waals surface area contributed by atoms with Crippen LogP contribution in [0.2, 0.25) is 0 Å². The first-order chi connectivity index (χ1) is 11.9. The third-order valence-electron chi connectivity index (χ3n) is 4.16. The van der Waals surface area contributed by atoms with Crippen LogP contribution in [0.15, 0.2) is 59.6 Å². The summed E-state index contributed by atoms with van der Waals surface area (Å²) in [5.41, 5.74) is 2.40. The summed E-state index contributed by atoms with van der Waals surface area (Å²) in [5.74, 6) is -0.321. The molecule has 0 radical (unpaired) electrons. The minimum Gasteiger partial charge on any atom is -0.469 e. The van der Waals surface area contributed by atoms with Gasteiger partial charge in [-0.25, -0.2) is 12.4 Å². The van der Waals surface area contributed by atoms with Gasteiger partial charge in [-0.15, -0.1) is 0 Å². The number of fused-ring (bicyclic) bond motifs is 1. The van der Waals surface area contributed by atoms with Crippen molar-refractivity contribution in [3.8, 4) is 0 Å². The predicted octanol–water partition coefficient (Wildman–Crippen LogP) is 3.29. The normalized spacial score (nSPS) is 11.6. The summed E-state index contributed by atoms with van der Waals surface area (Å²) >= 11 is 0. The Morgan fingerprint density at radius 3 is 2.44 bits per heavy atom. The van der Waals surface area contributed by atoms with Gasteiger partial charge in [0, 0.05) is 18.0 Å². The van der Waals surface area contributed by atoms with E-state index in [9.17, 15) is 13.2 Å². The van der Waals surface area contributed by atoms with Crippen LogP contribution in [0.3, 0.4) is 0 Å². The van der Waals surface area contributed by atoms with Crippen LogP contribution in [0.4, 0.5) is 0 Å². The quantitative estimate of drug-likeness (QED) is 0.657. The minimum atomic E-state index is -3.71. The molecule has 0 spiro atoms. The number of para-hydroxylation sites is 1. The highest BCUT2D eigenvalue weighted by Crippen LogP contribution is 2.27. The lowest BCUT2D eigenvalue weighted by Crippen LogP contribution is -2.11. The number of benzene rings is 2. The molecular weight excluding hydrogens is 338 g/mol. The largest absolute Gasteiger partial charge is 0.469 e. The molecule has 0 atom stereocenters. The van der Waals surface area contributed by atoms with Crippen LogP contribution in [0, 0.1) is 6.92 Å². The topological polar surface area (TPSA) is 65.4 Å². The van der Waals surface area contributed by atoms with Crippen molar-refractivity contribution in [1.29, 1.82) is 0 Å². The van der Waals surface area contributed by atoms with E-state index >= 15 is 0 Å². The van der Waals surface area contributed by atoms with Gasteiger partial charge in [0.2, 0.25) is 0 Å². The molecule has 3 aromatic rings. The first kappa shape index (κ1) is 17.2. The molecule has 1 aromatic heterocycles. The maximum Gasteiger partial charge on any atom is 0.305 e. The van der Waals surface area contributed by atoms with Gasteiger partial charge in [-0.05, 0) is 37.1 Å². The van der Waals surface area contributed by atoms with Crippen LogP contribution in [0.1, 0.15) is 17.5 Å². The molecule has 0 amide bonds. The van der Waals surface area contributed by atoms with E-state index in [2.05, 4.69) is 4.74 Å². The predicted molar refractivity (Wildman–Crippen MR) is 96.0 cm³/mol. The lowest BCUT2D eigenvalue weighted by atomic mass is 10.1. The van der Waals surface area contributed by atoms with Crippen molar-refractivity contribution in [2.75, 3.05) is 7.11 Å². The van der Waals surface area contributed by atoms with Crippen LogP contribution in [-0.4, -0.2) is 25.5 Å². The average Bonchev–Trinajstić information content (AvgIpc) is 2.99. The number of aromatic nitrogens is 1. The zero-order chi connectivity index (χ0) is 18.0. The van der Waals surface area contributed by atoms with E-state index in [-0.39, 0.29) is 17.3 Å². The van der Waals surface area contributed by atoms with Crippen LogP contribution < -0.4 is 0 Å². The second-order valence-electron chi connectivity index (χ2n) is 5.86. The number of esters is 1. The Morgan fingerprint density at radius 2 is 1.76 bits per heavy atom. The lowest BCUT2D eigenvalue weighted by Gasteiger charge is -2.07. The third-order valence-corrected chi connectivity index (χ3v) is 5.85. The Balaban J connectivity index is 2.10. The van der Waals surface area contributed by atoms with E-state index in [1.165, 1.54) is 11.1 Å². The van der Waals surface area contributed by atoms with Crippen molar-refractivity contribution in [3.05, 3.63) is 65.9 Å². The number of ether oxygens (including phenoxy) is 1. The molecule has 6 heteroatoms.